The molecule has 3 heteroatoms. The highest BCUT2D eigenvalue weighted by Gasteiger charge is 2.04. The van der Waals surface area contributed by atoms with Crippen LogP contribution in [0.1, 0.15) is 12.0 Å². The number of carbonyl (C=O) groups excluding carboxylic acids is 1. The molecule has 22 heavy (non-hydrogen) atoms. The van der Waals surface area contributed by atoms with Crippen LogP contribution in [-0.4, -0.2) is 10.9 Å². The van der Waals surface area contributed by atoms with E-state index < -0.39 is 0 Å². The van der Waals surface area contributed by atoms with Crippen LogP contribution in [0, 0.1) is 6.42 Å². The summed E-state index contributed by atoms with van der Waals surface area (Å²) in [5.74, 6) is -0.0898. The molecule has 1 aromatic heterocycles. The fourth-order valence-electron chi connectivity index (χ4n) is 2.35. The summed E-state index contributed by atoms with van der Waals surface area (Å²) in [6.07, 6.45) is 4.95. The second kappa shape index (κ2) is 6.85. The third-order valence-corrected chi connectivity index (χ3v) is 3.46. The lowest BCUT2D eigenvalue weighted by atomic mass is 10.1. The number of carbonyl (C=O) groups is 1. The van der Waals surface area contributed by atoms with Gasteiger partial charge in [-0.05, 0) is 30.5 Å². The molecule has 0 saturated heterocycles. The zero-order valence-electron chi connectivity index (χ0n) is 12.2. The number of amides is 1. The molecule has 3 aromatic rings. The molecule has 1 N–H and O–H groups in total. The number of pyridine rings is 1. The Hall–Kier alpha value is -2.68. The van der Waals surface area contributed by atoms with Crippen molar-refractivity contribution in [2.75, 3.05) is 5.32 Å². The summed E-state index contributed by atoms with van der Waals surface area (Å²) in [5, 5.41) is 3.88. The topological polar surface area (TPSA) is 42.0 Å². The number of nitrogens with zero attached hydrogens (tertiary/aromatic N) is 1. The Kier molecular flexibility index (Phi) is 4.44. The first-order valence-corrected chi connectivity index (χ1v) is 7.34. The summed E-state index contributed by atoms with van der Waals surface area (Å²) in [6.45, 7) is 0. The van der Waals surface area contributed by atoms with E-state index in [1.165, 1.54) is 5.56 Å². The van der Waals surface area contributed by atoms with Crippen LogP contribution in [0.15, 0.2) is 66.9 Å². The van der Waals surface area contributed by atoms with E-state index in [9.17, 15) is 4.79 Å². The van der Waals surface area contributed by atoms with Gasteiger partial charge in [-0.25, -0.2) is 0 Å². The van der Waals surface area contributed by atoms with Gasteiger partial charge in [0.15, 0.2) is 0 Å². The summed E-state index contributed by atoms with van der Waals surface area (Å²) in [4.78, 5) is 16.3. The molecule has 0 unspecified atom stereocenters. The molecule has 3 rings (SSSR count). The zero-order valence-corrected chi connectivity index (χ0v) is 12.2. The predicted molar refractivity (Wildman–Crippen MR) is 89.4 cm³/mol. The van der Waals surface area contributed by atoms with Crippen molar-refractivity contribution in [1.82, 2.24) is 4.98 Å². The van der Waals surface area contributed by atoms with Gasteiger partial charge in [0.2, 0.25) is 5.91 Å². The van der Waals surface area contributed by atoms with Gasteiger partial charge in [-0.15, -0.1) is 0 Å². The van der Waals surface area contributed by atoms with Crippen molar-refractivity contribution in [3.8, 4) is 0 Å². The van der Waals surface area contributed by atoms with Crippen LogP contribution in [0.5, 0.6) is 0 Å². The first kappa shape index (κ1) is 14.3. The molecule has 0 aliphatic carbocycles. The van der Waals surface area contributed by atoms with Gasteiger partial charge in [0.25, 0.3) is 0 Å². The van der Waals surface area contributed by atoms with Crippen LogP contribution in [0.25, 0.3) is 10.9 Å². The summed E-state index contributed by atoms with van der Waals surface area (Å²) in [6, 6.07) is 19.9. The van der Waals surface area contributed by atoms with Gasteiger partial charge in [0.05, 0.1) is 23.8 Å². The Morgan fingerprint density at radius 2 is 1.82 bits per heavy atom. The van der Waals surface area contributed by atoms with Crippen LogP contribution < -0.4 is 5.32 Å². The predicted octanol–water partition coefficient (Wildman–Crippen LogP) is 4.01. The first-order chi connectivity index (χ1) is 10.8. The number of benzene rings is 2. The number of para-hydroxylation sites is 1. The van der Waals surface area contributed by atoms with Crippen molar-refractivity contribution in [1.29, 1.82) is 0 Å². The van der Waals surface area contributed by atoms with E-state index in [1.807, 2.05) is 48.5 Å². The van der Waals surface area contributed by atoms with Crippen molar-refractivity contribution in [3.63, 3.8) is 0 Å². The number of anilines is 1. The van der Waals surface area contributed by atoms with Gasteiger partial charge in [-0.1, -0.05) is 48.5 Å². The maximum absolute atomic E-state index is 11.9. The molecule has 0 spiro atoms. The molecule has 0 bridgehead atoms. The third kappa shape index (κ3) is 3.70. The van der Waals surface area contributed by atoms with E-state index >= 15 is 0 Å². The molecule has 109 valence electrons. The highest BCUT2D eigenvalue weighted by molar-refractivity contribution is 5.98. The first-order valence-electron chi connectivity index (χ1n) is 7.34. The molecular formula is C19H17N2O. The number of fused-ring (bicyclic) bond motifs is 1. The van der Waals surface area contributed by atoms with Crippen LogP contribution in [-0.2, 0) is 11.2 Å². The van der Waals surface area contributed by atoms with Gasteiger partial charge in [0, 0.05) is 5.39 Å². The number of rotatable bonds is 5. The highest BCUT2D eigenvalue weighted by Crippen LogP contribution is 2.16. The minimum absolute atomic E-state index is 0.0898. The molecule has 1 radical (unpaired) electrons. The summed E-state index contributed by atoms with van der Waals surface area (Å²) < 4.78 is 0. The number of aromatic nitrogens is 1. The fourth-order valence-corrected chi connectivity index (χ4v) is 2.35. The minimum atomic E-state index is -0.0898. The van der Waals surface area contributed by atoms with Crippen molar-refractivity contribution in [2.45, 2.75) is 12.8 Å². The zero-order chi connectivity index (χ0) is 15.2. The number of hydrogen-bond donors (Lipinski definition) is 1. The standard InChI is InChI=1S/C19H17N2O/c22-19(12-6-9-15-7-2-1-3-8-15)21-17-13-16-10-4-5-11-18(16)20-14-17/h1-5,7-8,10-14H,6,9H2,(H,21,22). The summed E-state index contributed by atoms with van der Waals surface area (Å²) >= 11 is 0. The second-order valence-corrected chi connectivity index (χ2v) is 5.13. The van der Waals surface area contributed by atoms with Gasteiger partial charge >= 0.3 is 0 Å². The number of aryl methyl sites for hydroxylation is 1. The highest BCUT2D eigenvalue weighted by atomic mass is 16.1. The lowest BCUT2D eigenvalue weighted by Crippen LogP contribution is -2.12. The minimum Gasteiger partial charge on any atom is -0.324 e. The van der Waals surface area contributed by atoms with E-state index in [0.29, 0.717) is 0 Å². The molecule has 2 aromatic carbocycles. The molecule has 0 aliphatic heterocycles. The maximum Gasteiger partial charge on any atom is 0.228 e. The van der Waals surface area contributed by atoms with Crippen LogP contribution in [0.3, 0.4) is 0 Å². The van der Waals surface area contributed by atoms with Crippen LogP contribution in [0.4, 0.5) is 5.69 Å². The van der Waals surface area contributed by atoms with E-state index in [-0.39, 0.29) is 5.91 Å². The average Bonchev–Trinajstić information content (AvgIpc) is 2.56. The summed E-state index contributed by atoms with van der Waals surface area (Å²) in [7, 11) is 0. The third-order valence-electron chi connectivity index (χ3n) is 3.46. The van der Waals surface area contributed by atoms with E-state index in [1.54, 1.807) is 12.6 Å². The van der Waals surface area contributed by atoms with E-state index in [4.69, 9.17) is 0 Å². The SMILES string of the molecule is O=C([CH]CCc1ccccc1)Nc1cnc2ccccc2c1. The number of hydrogen-bond acceptors (Lipinski definition) is 2. The Bertz CT molecular complexity index is 769. The largest absolute Gasteiger partial charge is 0.324 e. The van der Waals surface area contributed by atoms with Crippen molar-refractivity contribution in [3.05, 3.63) is 78.8 Å². The Labute approximate surface area is 130 Å². The molecule has 0 aliphatic rings. The monoisotopic (exact) mass is 289 g/mol. The maximum atomic E-state index is 11.9. The molecule has 1 heterocycles. The van der Waals surface area contributed by atoms with E-state index in [0.717, 1.165) is 29.4 Å². The number of nitrogens with one attached hydrogen (secondary N) is 1. The molecule has 0 atom stereocenters. The second-order valence-electron chi connectivity index (χ2n) is 5.13. The average molecular weight is 289 g/mol. The molecule has 1 amide bonds. The van der Waals surface area contributed by atoms with Gasteiger partial charge < -0.3 is 5.32 Å². The van der Waals surface area contributed by atoms with Crippen molar-refractivity contribution < 1.29 is 4.79 Å². The van der Waals surface area contributed by atoms with Gasteiger partial charge in [-0.2, -0.15) is 0 Å². The molecular weight excluding hydrogens is 272 g/mol. The lowest BCUT2D eigenvalue weighted by Gasteiger charge is -2.06. The van der Waals surface area contributed by atoms with Crippen LogP contribution in [0.2, 0.25) is 0 Å². The van der Waals surface area contributed by atoms with Crippen molar-refractivity contribution >= 4 is 22.5 Å². The quantitative estimate of drug-likeness (QED) is 0.771. The lowest BCUT2D eigenvalue weighted by molar-refractivity contribution is -0.113. The van der Waals surface area contributed by atoms with Gasteiger partial charge in [0.1, 0.15) is 0 Å². The normalized spacial score (nSPS) is 10.5. The molecule has 3 nitrogen and oxygen atoms in total. The Morgan fingerprint density at radius 1 is 1.05 bits per heavy atom. The van der Waals surface area contributed by atoms with Gasteiger partial charge in [-0.3, -0.25) is 9.78 Å². The smallest absolute Gasteiger partial charge is 0.228 e. The van der Waals surface area contributed by atoms with Crippen LogP contribution >= 0.6 is 0 Å². The molecule has 0 saturated carbocycles. The summed E-state index contributed by atoms with van der Waals surface area (Å²) in [5.41, 5.74) is 2.88. The Morgan fingerprint density at radius 3 is 2.68 bits per heavy atom. The molecule has 0 fully saturated rings. The Balaban J connectivity index is 1.54. The van der Waals surface area contributed by atoms with Crippen molar-refractivity contribution in [2.24, 2.45) is 0 Å². The fraction of sp³-hybridized carbons (Fsp3) is 0.105. The van der Waals surface area contributed by atoms with E-state index in [2.05, 4.69) is 22.4 Å².